The van der Waals surface area contributed by atoms with Crippen LogP contribution < -0.4 is 5.56 Å². The van der Waals surface area contributed by atoms with Crippen molar-refractivity contribution < 1.29 is 0 Å². The van der Waals surface area contributed by atoms with Crippen LogP contribution in [0.3, 0.4) is 0 Å². The average Bonchev–Trinajstić information content (AvgIpc) is 2.28. The molecule has 0 atom stereocenters. The fourth-order valence-corrected chi connectivity index (χ4v) is 2.45. The molecule has 0 radical (unpaired) electrons. The lowest BCUT2D eigenvalue weighted by Crippen LogP contribution is -2.21. The first-order valence-electron chi connectivity index (χ1n) is 4.72. The van der Waals surface area contributed by atoms with Crippen LogP contribution in [0.5, 0.6) is 0 Å². The van der Waals surface area contributed by atoms with E-state index in [1.165, 1.54) is 17.1 Å². The molecule has 0 spiro atoms. The number of hydrogen-bond donors (Lipinski definition) is 0. The molecule has 0 fully saturated rings. The van der Waals surface area contributed by atoms with Crippen molar-refractivity contribution in [2.24, 2.45) is 0 Å². The highest BCUT2D eigenvalue weighted by molar-refractivity contribution is 9.10. The van der Waals surface area contributed by atoms with E-state index in [-0.39, 0.29) is 5.56 Å². The Morgan fingerprint density at radius 1 is 1.35 bits per heavy atom. The fourth-order valence-electron chi connectivity index (χ4n) is 1.37. The van der Waals surface area contributed by atoms with Crippen LogP contribution >= 0.6 is 43.5 Å². The summed E-state index contributed by atoms with van der Waals surface area (Å²) in [6, 6.07) is 5.56. The Labute approximate surface area is 120 Å². The number of benzene rings is 1. The van der Waals surface area contributed by atoms with Crippen molar-refractivity contribution in [2.75, 3.05) is 0 Å². The standard InChI is InChI=1S/C11H7Br2ClN2O/c12-8-2-1-7(10(14)3-8)5-16-6-15-4-9(13)11(16)17/h1-4,6H,5H2. The van der Waals surface area contributed by atoms with Gasteiger partial charge >= 0.3 is 0 Å². The number of rotatable bonds is 2. The van der Waals surface area contributed by atoms with Gasteiger partial charge in [0.05, 0.1) is 12.9 Å². The summed E-state index contributed by atoms with van der Waals surface area (Å²) in [5, 5.41) is 0.617. The van der Waals surface area contributed by atoms with Gasteiger partial charge in [0.1, 0.15) is 4.47 Å². The van der Waals surface area contributed by atoms with Crippen molar-refractivity contribution in [1.29, 1.82) is 0 Å². The third-order valence-electron chi connectivity index (χ3n) is 2.21. The van der Waals surface area contributed by atoms with Crippen molar-refractivity contribution in [2.45, 2.75) is 6.54 Å². The van der Waals surface area contributed by atoms with E-state index >= 15 is 0 Å². The SMILES string of the molecule is O=c1c(Br)cncn1Cc1ccc(Br)cc1Cl. The van der Waals surface area contributed by atoms with E-state index in [4.69, 9.17) is 11.6 Å². The van der Waals surface area contributed by atoms with Crippen LogP contribution in [0.1, 0.15) is 5.56 Å². The largest absolute Gasteiger partial charge is 0.294 e. The molecule has 0 aliphatic carbocycles. The van der Waals surface area contributed by atoms with Crippen molar-refractivity contribution in [3.05, 3.63) is 60.6 Å². The van der Waals surface area contributed by atoms with Crippen LogP contribution in [-0.2, 0) is 6.54 Å². The van der Waals surface area contributed by atoms with Crippen LogP contribution in [0.15, 0.2) is 44.5 Å². The second kappa shape index (κ2) is 5.33. The van der Waals surface area contributed by atoms with Crippen molar-refractivity contribution in [3.8, 4) is 0 Å². The predicted octanol–water partition coefficient (Wildman–Crippen LogP) is 3.47. The molecule has 0 aliphatic heterocycles. The van der Waals surface area contributed by atoms with Gasteiger partial charge in [-0.1, -0.05) is 33.6 Å². The molecule has 0 amide bonds. The summed E-state index contributed by atoms with van der Waals surface area (Å²) in [5.74, 6) is 0. The van der Waals surface area contributed by atoms with Crippen LogP contribution in [0.2, 0.25) is 5.02 Å². The molecule has 0 aliphatic rings. The maximum atomic E-state index is 11.8. The zero-order chi connectivity index (χ0) is 12.4. The molecule has 0 saturated carbocycles. The van der Waals surface area contributed by atoms with Gasteiger partial charge in [-0.05, 0) is 33.6 Å². The van der Waals surface area contributed by atoms with E-state index in [0.29, 0.717) is 16.0 Å². The van der Waals surface area contributed by atoms with E-state index in [1.54, 1.807) is 6.07 Å². The number of halogens is 3. The van der Waals surface area contributed by atoms with Gasteiger partial charge in [0.2, 0.25) is 0 Å². The molecule has 2 aromatic rings. The van der Waals surface area contributed by atoms with Gasteiger partial charge in [0.15, 0.2) is 0 Å². The molecule has 1 aromatic heterocycles. The molecule has 6 heteroatoms. The van der Waals surface area contributed by atoms with Crippen molar-refractivity contribution in [1.82, 2.24) is 9.55 Å². The molecule has 2 rings (SSSR count). The van der Waals surface area contributed by atoms with Crippen LogP contribution in [0.4, 0.5) is 0 Å². The first kappa shape index (κ1) is 12.8. The average molecular weight is 378 g/mol. The van der Waals surface area contributed by atoms with Gasteiger partial charge in [-0.15, -0.1) is 0 Å². The summed E-state index contributed by atoms with van der Waals surface area (Å²) in [6.07, 6.45) is 2.97. The van der Waals surface area contributed by atoms with E-state index in [2.05, 4.69) is 36.8 Å². The molecule has 0 bridgehead atoms. The highest BCUT2D eigenvalue weighted by Gasteiger charge is 2.05. The van der Waals surface area contributed by atoms with Crippen molar-refractivity contribution in [3.63, 3.8) is 0 Å². The first-order chi connectivity index (χ1) is 8.08. The second-order valence-corrected chi connectivity index (χ2v) is 5.59. The third-order valence-corrected chi connectivity index (χ3v) is 3.60. The smallest absolute Gasteiger partial charge is 0.267 e. The molecule has 0 N–H and O–H groups in total. The van der Waals surface area contributed by atoms with E-state index < -0.39 is 0 Å². The predicted molar refractivity (Wildman–Crippen MR) is 74.5 cm³/mol. The topological polar surface area (TPSA) is 34.9 Å². The van der Waals surface area contributed by atoms with Gasteiger partial charge in [-0.2, -0.15) is 0 Å². The lowest BCUT2D eigenvalue weighted by molar-refractivity contribution is 0.731. The van der Waals surface area contributed by atoms with Crippen LogP contribution in [-0.4, -0.2) is 9.55 Å². The summed E-state index contributed by atoms with van der Waals surface area (Å²) >= 11 is 12.6. The van der Waals surface area contributed by atoms with Gasteiger partial charge in [-0.3, -0.25) is 9.36 Å². The van der Waals surface area contributed by atoms with Gasteiger partial charge in [-0.25, -0.2) is 4.98 Å². The van der Waals surface area contributed by atoms with Gasteiger partial charge in [0, 0.05) is 15.7 Å². The lowest BCUT2D eigenvalue weighted by atomic mass is 10.2. The molecule has 88 valence electrons. The second-order valence-electron chi connectivity index (χ2n) is 3.41. The minimum absolute atomic E-state index is 0.126. The highest BCUT2D eigenvalue weighted by atomic mass is 79.9. The van der Waals surface area contributed by atoms with E-state index in [9.17, 15) is 4.79 Å². The molecule has 3 nitrogen and oxygen atoms in total. The van der Waals surface area contributed by atoms with Gasteiger partial charge in [0.25, 0.3) is 5.56 Å². The van der Waals surface area contributed by atoms with Gasteiger partial charge < -0.3 is 0 Å². The Balaban J connectivity index is 2.38. The number of hydrogen-bond acceptors (Lipinski definition) is 2. The Morgan fingerprint density at radius 2 is 2.12 bits per heavy atom. The molecule has 1 heterocycles. The summed E-state index contributed by atoms with van der Waals surface area (Å²) < 4.78 is 2.85. The number of aromatic nitrogens is 2. The normalized spacial score (nSPS) is 10.5. The Morgan fingerprint density at radius 3 is 2.82 bits per heavy atom. The Hall–Kier alpha value is -0.650. The van der Waals surface area contributed by atoms with Crippen LogP contribution in [0, 0.1) is 0 Å². The summed E-state index contributed by atoms with van der Waals surface area (Å²) in [7, 11) is 0. The minimum Gasteiger partial charge on any atom is -0.294 e. The van der Waals surface area contributed by atoms with E-state index in [0.717, 1.165) is 10.0 Å². The summed E-state index contributed by atoms with van der Waals surface area (Å²) in [5.41, 5.74) is 0.746. The first-order valence-corrected chi connectivity index (χ1v) is 6.68. The summed E-state index contributed by atoms with van der Waals surface area (Å²) in [6.45, 7) is 0.400. The summed E-state index contributed by atoms with van der Waals surface area (Å²) in [4.78, 5) is 15.7. The highest BCUT2D eigenvalue weighted by Crippen LogP contribution is 2.21. The van der Waals surface area contributed by atoms with Crippen LogP contribution in [0.25, 0.3) is 0 Å². The third kappa shape index (κ3) is 2.97. The molecule has 1 aromatic carbocycles. The fraction of sp³-hybridized carbons (Fsp3) is 0.0909. The van der Waals surface area contributed by atoms with Crippen molar-refractivity contribution >= 4 is 43.5 Å². The zero-order valence-corrected chi connectivity index (χ0v) is 12.5. The molecular formula is C11H7Br2ClN2O. The molecule has 0 saturated heterocycles. The quantitative estimate of drug-likeness (QED) is 0.802. The molecule has 17 heavy (non-hydrogen) atoms. The lowest BCUT2D eigenvalue weighted by Gasteiger charge is -2.07. The molecular weight excluding hydrogens is 371 g/mol. The molecule has 0 unspecified atom stereocenters. The Kier molecular flexibility index (Phi) is 4.01. The minimum atomic E-state index is -0.126. The zero-order valence-electron chi connectivity index (χ0n) is 8.53. The maximum absolute atomic E-state index is 11.8. The Bertz CT molecular complexity index is 613. The number of nitrogens with zero attached hydrogens (tertiary/aromatic N) is 2. The monoisotopic (exact) mass is 376 g/mol. The maximum Gasteiger partial charge on any atom is 0.267 e. The van der Waals surface area contributed by atoms with E-state index in [1.807, 2.05) is 12.1 Å².